The SMILES string of the molecule is CC(CO)NC(=O)c1csc(I)c1. The predicted molar refractivity (Wildman–Crippen MR) is 61.1 cm³/mol. The molecule has 5 heteroatoms. The van der Waals surface area contributed by atoms with E-state index in [-0.39, 0.29) is 18.6 Å². The highest BCUT2D eigenvalue weighted by Crippen LogP contribution is 2.16. The zero-order valence-corrected chi connectivity index (χ0v) is 10.1. The fraction of sp³-hybridized carbons (Fsp3) is 0.375. The molecule has 1 atom stereocenters. The van der Waals surface area contributed by atoms with Gasteiger partial charge in [-0.05, 0) is 35.6 Å². The number of hydrogen-bond acceptors (Lipinski definition) is 3. The molecule has 0 bridgehead atoms. The fourth-order valence-corrected chi connectivity index (χ4v) is 2.11. The van der Waals surface area contributed by atoms with Crippen LogP contribution in [0, 0.1) is 2.88 Å². The maximum absolute atomic E-state index is 11.4. The Hall–Kier alpha value is -0.140. The van der Waals surface area contributed by atoms with Crippen molar-refractivity contribution in [2.75, 3.05) is 6.61 Å². The second-order valence-electron chi connectivity index (χ2n) is 2.70. The van der Waals surface area contributed by atoms with Gasteiger partial charge < -0.3 is 10.4 Å². The number of amides is 1. The first-order chi connectivity index (χ1) is 6.13. The van der Waals surface area contributed by atoms with Crippen LogP contribution in [0.15, 0.2) is 11.4 Å². The van der Waals surface area contributed by atoms with Crippen molar-refractivity contribution in [1.29, 1.82) is 0 Å². The Bertz CT molecular complexity index is 300. The average Bonchev–Trinajstić information content (AvgIpc) is 2.51. The molecule has 72 valence electrons. The lowest BCUT2D eigenvalue weighted by molar-refractivity contribution is 0.0923. The lowest BCUT2D eigenvalue weighted by Crippen LogP contribution is -2.34. The Balaban J connectivity index is 2.58. The number of aliphatic hydroxyl groups excluding tert-OH is 1. The Labute approximate surface area is 94.3 Å². The summed E-state index contributed by atoms with van der Waals surface area (Å²) in [4.78, 5) is 11.4. The van der Waals surface area contributed by atoms with Crippen LogP contribution in [0.2, 0.25) is 0 Å². The first kappa shape index (κ1) is 10.9. The number of aliphatic hydroxyl groups is 1. The maximum atomic E-state index is 11.4. The van der Waals surface area contributed by atoms with Gasteiger partial charge in [0.25, 0.3) is 5.91 Å². The lowest BCUT2D eigenvalue weighted by atomic mass is 10.3. The van der Waals surface area contributed by atoms with E-state index < -0.39 is 0 Å². The summed E-state index contributed by atoms with van der Waals surface area (Å²) in [7, 11) is 0. The standard InChI is InChI=1S/C8H10INO2S/c1-5(3-11)10-8(12)6-2-7(9)13-4-6/h2,4-5,11H,3H2,1H3,(H,10,12). The normalized spacial score (nSPS) is 12.5. The molecule has 0 radical (unpaired) electrons. The highest BCUT2D eigenvalue weighted by molar-refractivity contribution is 14.1. The molecule has 1 aromatic rings. The van der Waals surface area contributed by atoms with E-state index in [1.807, 2.05) is 6.07 Å². The third-order valence-corrected chi connectivity index (χ3v) is 3.27. The maximum Gasteiger partial charge on any atom is 0.252 e. The van der Waals surface area contributed by atoms with E-state index in [0.29, 0.717) is 5.56 Å². The minimum Gasteiger partial charge on any atom is -0.394 e. The highest BCUT2D eigenvalue weighted by atomic mass is 127. The molecular formula is C8H10INO2S. The van der Waals surface area contributed by atoms with Crippen LogP contribution in [-0.4, -0.2) is 23.7 Å². The molecule has 0 aliphatic carbocycles. The molecule has 1 rings (SSSR count). The summed E-state index contributed by atoms with van der Waals surface area (Å²) in [5.41, 5.74) is 0.662. The molecule has 0 aliphatic heterocycles. The van der Waals surface area contributed by atoms with Crippen molar-refractivity contribution in [1.82, 2.24) is 5.32 Å². The summed E-state index contributed by atoms with van der Waals surface area (Å²) in [5, 5.41) is 13.2. The Morgan fingerprint density at radius 2 is 2.54 bits per heavy atom. The number of carbonyl (C=O) groups excluding carboxylic acids is 1. The van der Waals surface area contributed by atoms with E-state index in [1.54, 1.807) is 12.3 Å². The molecular weight excluding hydrogens is 301 g/mol. The molecule has 3 nitrogen and oxygen atoms in total. The molecule has 0 fully saturated rings. The first-order valence-corrected chi connectivity index (χ1v) is 5.75. The van der Waals surface area contributed by atoms with Gasteiger partial charge in [-0.15, -0.1) is 11.3 Å². The monoisotopic (exact) mass is 311 g/mol. The summed E-state index contributed by atoms with van der Waals surface area (Å²) in [6.07, 6.45) is 0. The van der Waals surface area contributed by atoms with Crippen molar-refractivity contribution in [3.63, 3.8) is 0 Å². The van der Waals surface area contributed by atoms with Gasteiger partial charge >= 0.3 is 0 Å². The van der Waals surface area contributed by atoms with E-state index in [0.717, 1.165) is 2.88 Å². The van der Waals surface area contributed by atoms with Gasteiger partial charge in [0.1, 0.15) is 0 Å². The van der Waals surface area contributed by atoms with Crippen molar-refractivity contribution >= 4 is 39.8 Å². The van der Waals surface area contributed by atoms with Crippen LogP contribution in [0.3, 0.4) is 0 Å². The van der Waals surface area contributed by atoms with Crippen LogP contribution in [0.1, 0.15) is 17.3 Å². The third-order valence-electron chi connectivity index (χ3n) is 1.48. The number of halogens is 1. The van der Waals surface area contributed by atoms with Gasteiger partial charge in [-0.1, -0.05) is 0 Å². The second-order valence-corrected chi connectivity index (χ2v) is 5.50. The van der Waals surface area contributed by atoms with Gasteiger partial charge in [-0.2, -0.15) is 0 Å². The van der Waals surface area contributed by atoms with Crippen LogP contribution in [0.25, 0.3) is 0 Å². The Morgan fingerprint density at radius 1 is 1.85 bits per heavy atom. The molecule has 0 aromatic carbocycles. The first-order valence-electron chi connectivity index (χ1n) is 3.79. The molecule has 0 aliphatic rings. The van der Waals surface area contributed by atoms with Gasteiger partial charge in [0.05, 0.1) is 15.1 Å². The van der Waals surface area contributed by atoms with Crippen LogP contribution in [0.5, 0.6) is 0 Å². The molecule has 1 amide bonds. The van der Waals surface area contributed by atoms with E-state index in [4.69, 9.17) is 5.11 Å². The predicted octanol–water partition coefficient (Wildman–Crippen LogP) is 1.46. The van der Waals surface area contributed by atoms with Gasteiger partial charge in [0.2, 0.25) is 0 Å². The number of hydrogen-bond donors (Lipinski definition) is 2. The Kier molecular flexibility index (Phi) is 4.14. The summed E-state index contributed by atoms with van der Waals surface area (Å²) in [6, 6.07) is 1.63. The smallest absolute Gasteiger partial charge is 0.252 e. The van der Waals surface area contributed by atoms with Crippen LogP contribution in [0.4, 0.5) is 0 Å². The van der Waals surface area contributed by atoms with Gasteiger partial charge in [0, 0.05) is 11.4 Å². The summed E-state index contributed by atoms with van der Waals surface area (Å²) in [6.45, 7) is 1.72. The quantitative estimate of drug-likeness (QED) is 0.831. The number of carbonyl (C=O) groups is 1. The summed E-state index contributed by atoms with van der Waals surface area (Å²) in [5.74, 6) is -0.124. The topological polar surface area (TPSA) is 49.3 Å². The van der Waals surface area contributed by atoms with Crippen LogP contribution in [-0.2, 0) is 0 Å². The fourth-order valence-electron chi connectivity index (χ4n) is 0.782. The molecule has 2 N–H and O–H groups in total. The Morgan fingerprint density at radius 3 is 3.00 bits per heavy atom. The van der Waals surface area contributed by atoms with Crippen molar-refractivity contribution in [2.45, 2.75) is 13.0 Å². The largest absolute Gasteiger partial charge is 0.394 e. The van der Waals surface area contributed by atoms with E-state index in [1.165, 1.54) is 11.3 Å². The molecule has 0 saturated carbocycles. The van der Waals surface area contributed by atoms with E-state index >= 15 is 0 Å². The van der Waals surface area contributed by atoms with Crippen molar-refractivity contribution in [3.05, 3.63) is 19.9 Å². The average molecular weight is 311 g/mol. The van der Waals surface area contributed by atoms with Crippen molar-refractivity contribution < 1.29 is 9.90 Å². The van der Waals surface area contributed by atoms with Crippen LogP contribution < -0.4 is 5.32 Å². The van der Waals surface area contributed by atoms with Gasteiger partial charge in [-0.3, -0.25) is 4.79 Å². The molecule has 1 heterocycles. The van der Waals surface area contributed by atoms with E-state index in [9.17, 15) is 4.79 Å². The zero-order chi connectivity index (χ0) is 9.84. The highest BCUT2D eigenvalue weighted by Gasteiger charge is 2.09. The van der Waals surface area contributed by atoms with Crippen molar-refractivity contribution in [2.24, 2.45) is 0 Å². The zero-order valence-electron chi connectivity index (χ0n) is 7.08. The van der Waals surface area contributed by atoms with Gasteiger partial charge in [0.15, 0.2) is 0 Å². The number of thiophene rings is 1. The van der Waals surface area contributed by atoms with Gasteiger partial charge in [-0.25, -0.2) is 0 Å². The lowest BCUT2D eigenvalue weighted by Gasteiger charge is -2.08. The number of rotatable bonds is 3. The number of nitrogens with one attached hydrogen (secondary N) is 1. The molecule has 13 heavy (non-hydrogen) atoms. The molecule has 0 saturated heterocycles. The molecule has 1 unspecified atom stereocenters. The summed E-state index contributed by atoms with van der Waals surface area (Å²) >= 11 is 3.70. The molecule has 1 aromatic heterocycles. The minimum absolute atomic E-state index is 0.0348. The minimum atomic E-state index is -0.190. The third kappa shape index (κ3) is 3.24. The second kappa shape index (κ2) is 4.92. The molecule has 0 spiro atoms. The van der Waals surface area contributed by atoms with E-state index in [2.05, 4.69) is 27.9 Å². The summed E-state index contributed by atoms with van der Waals surface area (Å²) < 4.78 is 1.08. The van der Waals surface area contributed by atoms with Crippen LogP contribution >= 0.6 is 33.9 Å². The van der Waals surface area contributed by atoms with Crippen molar-refractivity contribution in [3.8, 4) is 0 Å².